The molecular formula is C23H18N2O5. The first kappa shape index (κ1) is 19.2. The van der Waals surface area contributed by atoms with Gasteiger partial charge in [0.15, 0.2) is 5.78 Å². The molecular weight excluding hydrogens is 384 g/mol. The lowest BCUT2D eigenvalue weighted by Gasteiger charge is -2.12. The SMILES string of the molecule is CCOC(=O)c1ccc(-n2[nH]c(=O)c(/C=C3/C(=O)C=Cc4ccccc43)c2O)cc1. The second-order valence-electron chi connectivity index (χ2n) is 6.62. The Morgan fingerprint density at radius 2 is 1.83 bits per heavy atom. The Hall–Kier alpha value is -4.13. The lowest BCUT2D eigenvalue weighted by molar-refractivity contribution is -0.109. The van der Waals surface area contributed by atoms with Gasteiger partial charge in [0.2, 0.25) is 5.88 Å². The molecule has 0 saturated carbocycles. The summed E-state index contributed by atoms with van der Waals surface area (Å²) in [4.78, 5) is 36.7. The number of ketones is 1. The molecule has 1 heterocycles. The second-order valence-corrected chi connectivity index (χ2v) is 6.62. The lowest BCUT2D eigenvalue weighted by Crippen LogP contribution is -2.08. The fourth-order valence-corrected chi connectivity index (χ4v) is 3.28. The summed E-state index contributed by atoms with van der Waals surface area (Å²) < 4.78 is 6.14. The number of ether oxygens (including phenoxy) is 1. The highest BCUT2D eigenvalue weighted by Crippen LogP contribution is 2.30. The number of benzene rings is 2. The number of carbonyl (C=O) groups is 2. The number of fused-ring (bicyclic) bond motifs is 1. The van der Waals surface area contributed by atoms with Crippen molar-refractivity contribution in [2.75, 3.05) is 6.61 Å². The molecule has 150 valence electrons. The smallest absolute Gasteiger partial charge is 0.338 e. The highest BCUT2D eigenvalue weighted by Gasteiger charge is 2.20. The van der Waals surface area contributed by atoms with Gasteiger partial charge in [-0.25, -0.2) is 9.48 Å². The van der Waals surface area contributed by atoms with E-state index in [0.717, 1.165) is 5.56 Å². The molecule has 0 bridgehead atoms. The highest BCUT2D eigenvalue weighted by atomic mass is 16.5. The summed E-state index contributed by atoms with van der Waals surface area (Å²) >= 11 is 0. The van der Waals surface area contributed by atoms with Crippen LogP contribution >= 0.6 is 0 Å². The fourth-order valence-electron chi connectivity index (χ4n) is 3.28. The maximum atomic E-state index is 12.5. The minimum Gasteiger partial charge on any atom is -0.493 e. The molecule has 4 rings (SSSR count). The van der Waals surface area contributed by atoms with Gasteiger partial charge in [-0.3, -0.25) is 14.7 Å². The molecule has 0 atom stereocenters. The molecule has 0 amide bonds. The van der Waals surface area contributed by atoms with Gasteiger partial charge < -0.3 is 9.84 Å². The average molecular weight is 402 g/mol. The summed E-state index contributed by atoms with van der Waals surface area (Å²) in [5.41, 5.74) is 2.09. The number of aromatic hydroxyl groups is 1. The van der Waals surface area contributed by atoms with E-state index in [2.05, 4.69) is 5.10 Å². The number of carbonyl (C=O) groups excluding carboxylic acids is 2. The molecule has 7 heteroatoms. The average Bonchev–Trinajstić information content (AvgIpc) is 3.04. The number of H-pyrrole nitrogens is 1. The van der Waals surface area contributed by atoms with Crippen LogP contribution in [0.25, 0.3) is 23.4 Å². The number of hydrogen-bond acceptors (Lipinski definition) is 5. The Morgan fingerprint density at radius 3 is 2.57 bits per heavy atom. The third-order valence-corrected chi connectivity index (χ3v) is 4.77. The number of hydrogen-bond donors (Lipinski definition) is 2. The zero-order valence-electron chi connectivity index (χ0n) is 16.1. The van der Waals surface area contributed by atoms with Gasteiger partial charge >= 0.3 is 5.97 Å². The van der Waals surface area contributed by atoms with E-state index >= 15 is 0 Å². The maximum absolute atomic E-state index is 12.5. The second kappa shape index (κ2) is 7.71. The summed E-state index contributed by atoms with van der Waals surface area (Å²) in [6.45, 7) is 1.98. The van der Waals surface area contributed by atoms with Crippen LogP contribution in [-0.4, -0.2) is 33.2 Å². The van der Waals surface area contributed by atoms with Crippen molar-refractivity contribution in [1.29, 1.82) is 0 Å². The summed E-state index contributed by atoms with van der Waals surface area (Å²) in [6.07, 6.45) is 4.54. The monoisotopic (exact) mass is 402 g/mol. The molecule has 0 fully saturated rings. The first-order chi connectivity index (χ1) is 14.5. The maximum Gasteiger partial charge on any atom is 0.338 e. The number of esters is 1. The number of nitrogens with zero attached hydrogens (tertiary/aromatic N) is 1. The number of aromatic amines is 1. The molecule has 1 aliphatic rings. The van der Waals surface area contributed by atoms with Gasteiger partial charge in [0.1, 0.15) is 5.56 Å². The normalized spacial score (nSPS) is 14.0. The Bertz CT molecular complexity index is 1260. The third kappa shape index (κ3) is 3.37. The van der Waals surface area contributed by atoms with E-state index in [-0.39, 0.29) is 23.8 Å². The van der Waals surface area contributed by atoms with E-state index in [1.807, 2.05) is 12.1 Å². The largest absolute Gasteiger partial charge is 0.493 e. The van der Waals surface area contributed by atoms with Crippen molar-refractivity contribution in [3.05, 3.63) is 87.2 Å². The first-order valence-electron chi connectivity index (χ1n) is 9.34. The minimum atomic E-state index is -0.547. The van der Waals surface area contributed by atoms with Crippen LogP contribution in [0.3, 0.4) is 0 Å². The van der Waals surface area contributed by atoms with Gasteiger partial charge in [-0.1, -0.05) is 30.3 Å². The van der Waals surface area contributed by atoms with Crippen LogP contribution in [0.4, 0.5) is 0 Å². The summed E-state index contributed by atoms with van der Waals surface area (Å²) in [5.74, 6) is -1.04. The molecule has 2 N–H and O–H groups in total. The van der Waals surface area contributed by atoms with Crippen LogP contribution in [0, 0.1) is 0 Å². The van der Waals surface area contributed by atoms with Gasteiger partial charge in [0.05, 0.1) is 17.9 Å². The zero-order chi connectivity index (χ0) is 21.3. The van der Waals surface area contributed by atoms with E-state index < -0.39 is 11.5 Å². The molecule has 1 aliphatic carbocycles. The predicted molar refractivity (Wildman–Crippen MR) is 112 cm³/mol. The lowest BCUT2D eigenvalue weighted by atomic mass is 9.90. The van der Waals surface area contributed by atoms with Crippen molar-refractivity contribution >= 4 is 29.5 Å². The summed E-state index contributed by atoms with van der Waals surface area (Å²) in [5, 5.41) is 13.2. The molecule has 2 aromatic carbocycles. The topological polar surface area (TPSA) is 101 Å². The molecule has 0 aliphatic heterocycles. The zero-order valence-corrected chi connectivity index (χ0v) is 16.1. The highest BCUT2D eigenvalue weighted by molar-refractivity contribution is 6.33. The number of nitrogens with one attached hydrogen (secondary N) is 1. The molecule has 0 spiro atoms. The molecule has 3 aromatic rings. The van der Waals surface area contributed by atoms with Gasteiger partial charge in [-0.2, -0.15) is 0 Å². The van der Waals surface area contributed by atoms with E-state index in [1.165, 1.54) is 29.0 Å². The third-order valence-electron chi connectivity index (χ3n) is 4.77. The minimum absolute atomic E-state index is 0.0297. The Labute approximate surface area is 171 Å². The van der Waals surface area contributed by atoms with E-state index in [9.17, 15) is 19.5 Å². The van der Waals surface area contributed by atoms with Crippen molar-refractivity contribution in [2.45, 2.75) is 6.92 Å². The van der Waals surface area contributed by atoms with Gasteiger partial charge in [-0.15, -0.1) is 0 Å². The van der Waals surface area contributed by atoms with Crippen LogP contribution in [0.5, 0.6) is 5.88 Å². The molecule has 0 saturated heterocycles. The predicted octanol–water partition coefficient (Wildman–Crippen LogP) is 3.18. The van der Waals surface area contributed by atoms with E-state index in [1.54, 1.807) is 37.3 Å². The molecule has 7 nitrogen and oxygen atoms in total. The van der Waals surface area contributed by atoms with Crippen molar-refractivity contribution in [3.8, 4) is 11.6 Å². The van der Waals surface area contributed by atoms with Crippen molar-refractivity contribution in [1.82, 2.24) is 9.78 Å². The standard InChI is InChI=1S/C23H18N2O5/c1-2-30-23(29)15-7-10-16(11-8-15)25-22(28)19(21(27)24-25)13-18-17-6-4-3-5-14(17)9-12-20(18)26/h3-13,28H,2H2,1H3,(H,24,27)/b18-13+. The van der Waals surface area contributed by atoms with Crippen LogP contribution in [0.1, 0.15) is 34.0 Å². The molecule has 1 aromatic heterocycles. The summed E-state index contributed by atoms with van der Waals surface area (Å²) in [6, 6.07) is 13.5. The van der Waals surface area contributed by atoms with Crippen molar-refractivity contribution in [2.24, 2.45) is 0 Å². The number of aromatic nitrogens is 2. The Kier molecular flexibility index (Phi) is 4.93. The fraction of sp³-hybridized carbons (Fsp3) is 0.0870. The van der Waals surface area contributed by atoms with Crippen molar-refractivity contribution < 1.29 is 19.4 Å². The van der Waals surface area contributed by atoms with E-state index in [0.29, 0.717) is 22.4 Å². The van der Waals surface area contributed by atoms with Crippen molar-refractivity contribution in [3.63, 3.8) is 0 Å². The number of rotatable bonds is 4. The molecule has 30 heavy (non-hydrogen) atoms. The van der Waals surface area contributed by atoms with E-state index in [4.69, 9.17) is 4.74 Å². The summed E-state index contributed by atoms with van der Waals surface area (Å²) in [7, 11) is 0. The quantitative estimate of drug-likeness (QED) is 0.516. The molecule has 0 unspecified atom stereocenters. The number of allylic oxidation sites excluding steroid dienone is 2. The Balaban J connectivity index is 1.74. The van der Waals surface area contributed by atoms with Crippen LogP contribution in [0.2, 0.25) is 0 Å². The van der Waals surface area contributed by atoms with Crippen LogP contribution in [-0.2, 0) is 9.53 Å². The van der Waals surface area contributed by atoms with Gasteiger partial charge in [-0.05, 0) is 54.5 Å². The van der Waals surface area contributed by atoms with Crippen LogP contribution < -0.4 is 5.56 Å². The first-order valence-corrected chi connectivity index (χ1v) is 9.34. The van der Waals surface area contributed by atoms with Crippen LogP contribution in [0.15, 0.2) is 59.4 Å². The van der Waals surface area contributed by atoms with Gasteiger partial charge in [0.25, 0.3) is 5.56 Å². The van der Waals surface area contributed by atoms with Gasteiger partial charge in [0, 0.05) is 5.57 Å². The molecule has 0 radical (unpaired) electrons. The Morgan fingerprint density at radius 1 is 1.10 bits per heavy atom.